The second-order valence-corrected chi connectivity index (χ2v) is 9.55. The molecule has 0 spiro atoms. The number of hydrogen-bond donors (Lipinski definition) is 1. The monoisotopic (exact) mass is 365 g/mol. The molecule has 0 aromatic carbocycles. The number of thiophene rings is 2. The molecule has 0 aliphatic rings. The van der Waals surface area contributed by atoms with Crippen LogP contribution in [-0.2, 0) is 16.4 Å². The summed E-state index contributed by atoms with van der Waals surface area (Å²) in [5.41, 5.74) is 0. The van der Waals surface area contributed by atoms with Crippen molar-refractivity contribution < 1.29 is 8.42 Å². The third-order valence-corrected chi connectivity index (χ3v) is 6.91. The van der Waals surface area contributed by atoms with Gasteiger partial charge in [0.25, 0.3) is 0 Å². The van der Waals surface area contributed by atoms with E-state index < -0.39 is 10.0 Å². The molecular formula is C11H12BrNO2S3. The molecule has 7 heteroatoms. The maximum Gasteiger partial charge on any atom is 0.250 e. The van der Waals surface area contributed by atoms with Crippen LogP contribution in [0.5, 0.6) is 0 Å². The lowest BCUT2D eigenvalue weighted by Crippen LogP contribution is -2.25. The summed E-state index contributed by atoms with van der Waals surface area (Å²) in [6.07, 6.45) is 0.708. The minimum Gasteiger partial charge on any atom is -0.210 e. The first-order valence-corrected chi connectivity index (χ1v) is 9.18. The van der Waals surface area contributed by atoms with Gasteiger partial charge in [0.15, 0.2) is 0 Å². The Bertz CT molecular complexity index is 630. The van der Waals surface area contributed by atoms with Crippen molar-refractivity contribution in [3.63, 3.8) is 0 Å². The number of sulfonamides is 1. The smallest absolute Gasteiger partial charge is 0.210 e. The Morgan fingerprint density at radius 3 is 2.56 bits per heavy atom. The van der Waals surface area contributed by atoms with Crippen molar-refractivity contribution in [2.45, 2.75) is 17.6 Å². The highest BCUT2D eigenvalue weighted by atomic mass is 79.9. The Labute approximate surface area is 123 Å². The van der Waals surface area contributed by atoms with E-state index in [1.807, 2.05) is 25.1 Å². The van der Waals surface area contributed by atoms with Crippen molar-refractivity contribution in [2.24, 2.45) is 0 Å². The highest BCUT2D eigenvalue weighted by molar-refractivity contribution is 9.11. The summed E-state index contributed by atoms with van der Waals surface area (Å²) < 4.78 is 27.9. The zero-order valence-corrected chi connectivity index (χ0v) is 13.7. The van der Waals surface area contributed by atoms with E-state index in [0.29, 0.717) is 17.2 Å². The van der Waals surface area contributed by atoms with E-state index in [4.69, 9.17) is 0 Å². The van der Waals surface area contributed by atoms with Crippen LogP contribution in [0.15, 0.2) is 32.3 Å². The molecule has 0 atom stereocenters. The summed E-state index contributed by atoms with van der Waals surface area (Å²) in [7, 11) is -3.34. The van der Waals surface area contributed by atoms with Crippen LogP contribution in [0, 0.1) is 6.92 Å². The number of rotatable bonds is 5. The molecule has 0 saturated carbocycles. The van der Waals surface area contributed by atoms with E-state index in [-0.39, 0.29) is 0 Å². The second-order valence-electron chi connectivity index (χ2n) is 3.72. The Balaban J connectivity index is 1.93. The van der Waals surface area contributed by atoms with Gasteiger partial charge >= 0.3 is 0 Å². The molecule has 0 radical (unpaired) electrons. The second kappa shape index (κ2) is 5.83. The highest BCUT2D eigenvalue weighted by Gasteiger charge is 2.15. The predicted octanol–water partition coefficient (Wildman–Crippen LogP) is 3.40. The molecule has 0 aliphatic carbocycles. The Kier molecular flexibility index (Phi) is 4.60. The van der Waals surface area contributed by atoms with Crippen molar-refractivity contribution in [3.05, 3.63) is 37.8 Å². The summed E-state index contributed by atoms with van der Waals surface area (Å²) in [6, 6.07) is 7.43. The molecular weight excluding hydrogens is 354 g/mol. The zero-order valence-electron chi connectivity index (χ0n) is 9.64. The van der Waals surface area contributed by atoms with Gasteiger partial charge in [0.1, 0.15) is 4.21 Å². The molecule has 98 valence electrons. The first-order valence-electron chi connectivity index (χ1n) is 5.28. The molecule has 0 amide bonds. The molecule has 0 bridgehead atoms. The van der Waals surface area contributed by atoms with E-state index in [9.17, 15) is 8.42 Å². The van der Waals surface area contributed by atoms with Gasteiger partial charge in [-0.05, 0) is 53.5 Å². The largest absolute Gasteiger partial charge is 0.250 e. The number of hydrogen-bond acceptors (Lipinski definition) is 4. The fraction of sp³-hybridized carbons (Fsp3) is 0.273. The molecule has 0 aliphatic heterocycles. The van der Waals surface area contributed by atoms with Crippen LogP contribution in [0.2, 0.25) is 0 Å². The van der Waals surface area contributed by atoms with Crippen LogP contribution in [0.1, 0.15) is 9.75 Å². The lowest BCUT2D eigenvalue weighted by molar-refractivity contribution is 0.584. The number of nitrogens with one attached hydrogen (secondary N) is 1. The summed E-state index contributed by atoms with van der Waals surface area (Å²) in [6.45, 7) is 2.32. The van der Waals surface area contributed by atoms with Crippen LogP contribution in [-0.4, -0.2) is 15.0 Å². The lowest BCUT2D eigenvalue weighted by Gasteiger charge is -2.03. The van der Waals surface area contributed by atoms with Gasteiger partial charge in [-0.15, -0.1) is 22.7 Å². The minimum atomic E-state index is -3.34. The van der Waals surface area contributed by atoms with Gasteiger partial charge in [0.2, 0.25) is 10.0 Å². The number of halogens is 1. The van der Waals surface area contributed by atoms with Gasteiger partial charge in [-0.3, -0.25) is 0 Å². The molecule has 2 rings (SSSR count). The van der Waals surface area contributed by atoms with Crippen LogP contribution in [0.25, 0.3) is 0 Å². The molecule has 0 unspecified atom stereocenters. The Hall–Kier alpha value is -0.210. The highest BCUT2D eigenvalue weighted by Crippen LogP contribution is 2.23. The van der Waals surface area contributed by atoms with E-state index >= 15 is 0 Å². The van der Waals surface area contributed by atoms with Gasteiger partial charge in [-0.2, -0.15) is 0 Å². The van der Waals surface area contributed by atoms with Crippen molar-refractivity contribution >= 4 is 48.6 Å². The first-order chi connectivity index (χ1) is 8.47. The molecule has 0 fully saturated rings. The van der Waals surface area contributed by atoms with Crippen LogP contribution < -0.4 is 4.72 Å². The topological polar surface area (TPSA) is 46.2 Å². The van der Waals surface area contributed by atoms with Crippen molar-refractivity contribution in [3.8, 4) is 0 Å². The maximum absolute atomic E-state index is 11.9. The van der Waals surface area contributed by atoms with Gasteiger partial charge in [0, 0.05) is 16.3 Å². The summed E-state index contributed by atoms with van der Waals surface area (Å²) in [4.78, 5) is 2.16. The van der Waals surface area contributed by atoms with Crippen molar-refractivity contribution in [1.82, 2.24) is 4.72 Å². The lowest BCUT2D eigenvalue weighted by atomic mass is 10.3. The first kappa shape index (κ1) is 14.2. The molecule has 18 heavy (non-hydrogen) atoms. The van der Waals surface area contributed by atoms with Gasteiger partial charge in [-0.1, -0.05) is 0 Å². The average Bonchev–Trinajstić information content (AvgIpc) is 2.88. The average molecular weight is 366 g/mol. The summed E-state index contributed by atoms with van der Waals surface area (Å²) in [5.74, 6) is 0. The molecule has 3 nitrogen and oxygen atoms in total. The third-order valence-electron chi connectivity index (χ3n) is 2.27. The normalized spacial score (nSPS) is 11.9. The standard InChI is InChI=1S/C11H12BrNO2S3/c1-8-2-5-11(16-8)18(14,15)13-7-6-9-3-4-10(12)17-9/h2-5,13H,6-7H2,1H3. The van der Waals surface area contributed by atoms with Crippen LogP contribution in [0.3, 0.4) is 0 Å². The predicted molar refractivity (Wildman–Crippen MR) is 80.0 cm³/mol. The van der Waals surface area contributed by atoms with E-state index in [0.717, 1.165) is 13.5 Å². The Morgan fingerprint density at radius 2 is 2.00 bits per heavy atom. The maximum atomic E-state index is 11.9. The fourth-order valence-electron chi connectivity index (χ4n) is 1.42. The molecule has 2 heterocycles. The molecule has 2 aromatic rings. The van der Waals surface area contributed by atoms with E-state index in [2.05, 4.69) is 20.7 Å². The van der Waals surface area contributed by atoms with Gasteiger partial charge < -0.3 is 0 Å². The summed E-state index contributed by atoms with van der Waals surface area (Å²) in [5, 5.41) is 0. The molecule has 2 aromatic heterocycles. The van der Waals surface area contributed by atoms with Crippen LogP contribution >= 0.6 is 38.6 Å². The van der Waals surface area contributed by atoms with Crippen molar-refractivity contribution in [1.29, 1.82) is 0 Å². The Morgan fingerprint density at radius 1 is 1.22 bits per heavy atom. The van der Waals surface area contributed by atoms with Crippen molar-refractivity contribution in [2.75, 3.05) is 6.54 Å². The van der Waals surface area contributed by atoms with Crippen LogP contribution in [0.4, 0.5) is 0 Å². The zero-order chi connectivity index (χ0) is 13.2. The van der Waals surface area contributed by atoms with E-state index in [1.54, 1.807) is 17.4 Å². The molecule has 0 saturated heterocycles. The third kappa shape index (κ3) is 3.64. The summed E-state index contributed by atoms with van der Waals surface area (Å²) >= 11 is 6.30. The molecule has 1 N–H and O–H groups in total. The van der Waals surface area contributed by atoms with Gasteiger partial charge in [0.05, 0.1) is 3.79 Å². The van der Waals surface area contributed by atoms with Gasteiger partial charge in [-0.25, -0.2) is 13.1 Å². The number of aryl methyl sites for hydroxylation is 1. The SMILES string of the molecule is Cc1ccc(S(=O)(=O)NCCc2ccc(Br)s2)s1. The fourth-order valence-corrected chi connectivity index (χ4v) is 5.26. The quantitative estimate of drug-likeness (QED) is 0.882. The minimum absolute atomic E-state index is 0.382. The van der Waals surface area contributed by atoms with E-state index in [1.165, 1.54) is 11.3 Å².